The second-order valence-electron chi connectivity index (χ2n) is 4.94. The zero-order valence-electron chi connectivity index (χ0n) is 12.6. The first kappa shape index (κ1) is 18.0. The van der Waals surface area contributed by atoms with Gasteiger partial charge in [-0.1, -0.05) is 35.0 Å². The number of carboxylic acid groups (broad SMARTS) is 1. The van der Waals surface area contributed by atoms with E-state index >= 15 is 0 Å². The van der Waals surface area contributed by atoms with Gasteiger partial charge in [-0.25, -0.2) is 4.79 Å². The van der Waals surface area contributed by atoms with E-state index in [1.54, 1.807) is 41.4 Å². The SMILES string of the molecule is O=C(O)c1ccc(N=Cc2ccc(Sc3ccc(Cl)cc3)s2)cc1Cl. The lowest BCUT2D eigenvalue weighted by Crippen LogP contribution is -1.96. The highest BCUT2D eigenvalue weighted by Gasteiger charge is 2.08. The number of hydrogen-bond donors (Lipinski definition) is 1. The fourth-order valence-corrected chi connectivity index (χ4v) is 4.35. The first-order valence-corrected chi connectivity index (χ1v) is 9.50. The van der Waals surface area contributed by atoms with Gasteiger partial charge in [0.15, 0.2) is 0 Å². The molecule has 0 saturated heterocycles. The standard InChI is InChI=1S/C18H11Cl2NO2S2/c19-11-1-4-13(5-2-11)24-17-8-6-14(25-17)10-21-12-3-7-15(18(22)23)16(20)9-12/h1-10H,(H,22,23). The van der Waals surface area contributed by atoms with E-state index in [0.29, 0.717) is 5.69 Å². The fourth-order valence-electron chi connectivity index (χ4n) is 1.97. The number of benzene rings is 2. The number of carboxylic acids is 1. The molecule has 1 N–H and O–H groups in total. The number of aliphatic imine (C=N–C) groups is 1. The summed E-state index contributed by atoms with van der Waals surface area (Å²) in [6.45, 7) is 0. The zero-order valence-corrected chi connectivity index (χ0v) is 15.8. The van der Waals surface area contributed by atoms with Crippen molar-refractivity contribution in [3.05, 3.63) is 75.1 Å². The maximum Gasteiger partial charge on any atom is 0.337 e. The molecule has 3 aromatic rings. The van der Waals surface area contributed by atoms with Crippen LogP contribution in [0.2, 0.25) is 10.0 Å². The van der Waals surface area contributed by atoms with Crippen LogP contribution < -0.4 is 0 Å². The molecule has 0 spiro atoms. The lowest BCUT2D eigenvalue weighted by atomic mass is 10.2. The predicted molar refractivity (Wildman–Crippen MR) is 106 cm³/mol. The van der Waals surface area contributed by atoms with Gasteiger partial charge in [0.2, 0.25) is 0 Å². The summed E-state index contributed by atoms with van der Waals surface area (Å²) in [5, 5.41) is 9.86. The highest BCUT2D eigenvalue weighted by atomic mass is 35.5. The molecular weight excluding hydrogens is 397 g/mol. The second kappa shape index (κ2) is 8.06. The van der Waals surface area contributed by atoms with Crippen LogP contribution in [0.5, 0.6) is 0 Å². The van der Waals surface area contributed by atoms with Gasteiger partial charge in [0.25, 0.3) is 0 Å². The van der Waals surface area contributed by atoms with Crippen molar-refractivity contribution < 1.29 is 9.90 Å². The van der Waals surface area contributed by atoms with Crippen LogP contribution in [0.3, 0.4) is 0 Å². The van der Waals surface area contributed by atoms with Crippen molar-refractivity contribution in [2.75, 3.05) is 0 Å². The Hall–Kier alpha value is -1.79. The van der Waals surface area contributed by atoms with Gasteiger partial charge >= 0.3 is 5.97 Å². The Morgan fingerprint density at radius 1 is 1.08 bits per heavy atom. The molecule has 25 heavy (non-hydrogen) atoms. The molecule has 0 aliphatic carbocycles. The van der Waals surface area contributed by atoms with E-state index < -0.39 is 5.97 Å². The molecule has 0 saturated carbocycles. The van der Waals surface area contributed by atoms with E-state index in [1.165, 1.54) is 6.07 Å². The zero-order chi connectivity index (χ0) is 17.8. The molecule has 0 unspecified atom stereocenters. The second-order valence-corrected chi connectivity index (χ2v) is 8.27. The van der Waals surface area contributed by atoms with Gasteiger partial charge in [0.05, 0.1) is 20.5 Å². The van der Waals surface area contributed by atoms with Crippen molar-refractivity contribution >= 4 is 64.2 Å². The highest BCUT2D eigenvalue weighted by Crippen LogP contribution is 2.33. The topological polar surface area (TPSA) is 49.7 Å². The number of aromatic carboxylic acids is 1. The first-order chi connectivity index (χ1) is 12.0. The normalized spacial score (nSPS) is 11.1. The number of carbonyl (C=O) groups is 1. The Kier molecular flexibility index (Phi) is 5.81. The molecule has 1 heterocycles. The van der Waals surface area contributed by atoms with Crippen LogP contribution in [-0.4, -0.2) is 17.3 Å². The van der Waals surface area contributed by atoms with Gasteiger partial charge < -0.3 is 5.11 Å². The summed E-state index contributed by atoms with van der Waals surface area (Å²) in [6.07, 6.45) is 1.74. The Bertz CT molecular complexity index is 937. The molecule has 3 nitrogen and oxygen atoms in total. The van der Waals surface area contributed by atoms with Crippen LogP contribution in [0.15, 0.2) is 68.7 Å². The molecule has 2 aromatic carbocycles. The minimum atomic E-state index is -1.05. The van der Waals surface area contributed by atoms with Crippen LogP contribution in [0.4, 0.5) is 5.69 Å². The van der Waals surface area contributed by atoms with E-state index in [-0.39, 0.29) is 10.6 Å². The lowest BCUT2D eigenvalue weighted by molar-refractivity contribution is 0.0697. The molecule has 7 heteroatoms. The van der Waals surface area contributed by atoms with Gasteiger partial charge in [-0.2, -0.15) is 0 Å². The number of rotatable bonds is 5. The number of thiophene rings is 1. The molecule has 0 amide bonds. The molecule has 0 radical (unpaired) electrons. The molecule has 3 rings (SSSR count). The number of hydrogen-bond acceptors (Lipinski definition) is 4. The van der Waals surface area contributed by atoms with Crippen molar-refractivity contribution in [2.45, 2.75) is 9.10 Å². The average Bonchev–Trinajstić information content (AvgIpc) is 3.02. The van der Waals surface area contributed by atoms with Crippen molar-refractivity contribution in [1.29, 1.82) is 0 Å². The van der Waals surface area contributed by atoms with Crippen LogP contribution in [0.25, 0.3) is 0 Å². The summed E-state index contributed by atoms with van der Waals surface area (Å²) in [6, 6.07) is 16.3. The summed E-state index contributed by atoms with van der Waals surface area (Å²) >= 11 is 15.1. The third kappa shape index (κ3) is 4.86. The summed E-state index contributed by atoms with van der Waals surface area (Å²) in [7, 11) is 0. The van der Waals surface area contributed by atoms with Gasteiger partial charge in [-0.05, 0) is 54.6 Å². The van der Waals surface area contributed by atoms with E-state index in [9.17, 15) is 4.79 Å². The van der Waals surface area contributed by atoms with Gasteiger partial charge in [0.1, 0.15) is 0 Å². The summed E-state index contributed by atoms with van der Waals surface area (Å²) in [5.41, 5.74) is 0.675. The quantitative estimate of drug-likeness (QED) is 0.481. The molecular formula is C18H11Cl2NO2S2. The van der Waals surface area contributed by atoms with Gasteiger partial charge in [-0.15, -0.1) is 11.3 Å². The van der Waals surface area contributed by atoms with Crippen molar-refractivity contribution in [3.8, 4) is 0 Å². The molecule has 0 aliphatic rings. The summed E-state index contributed by atoms with van der Waals surface area (Å²) < 4.78 is 1.14. The maximum atomic E-state index is 11.0. The molecule has 126 valence electrons. The van der Waals surface area contributed by atoms with E-state index in [1.807, 2.05) is 36.4 Å². The average molecular weight is 408 g/mol. The highest BCUT2D eigenvalue weighted by molar-refractivity contribution is 8.01. The molecule has 0 fully saturated rings. The Morgan fingerprint density at radius 3 is 2.52 bits per heavy atom. The minimum absolute atomic E-state index is 0.0680. The largest absolute Gasteiger partial charge is 0.478 e. The lowest BCUT2D eigenvalue weighted by Gasteiger charge is -1.99. The van der Waals surface area contributed by atoms with E-state index in [4.69, 9.17) is 28.3 Å². The van der Waals surface area contributed by atoms with Crippen LogP contribution in [0, 0.1) is 0 Å². The smallest absolute Gasteiger partial charge is 0.337 e. The number of nitrogens with zero attached hydrogens (tertiary/aromatic N) is 1. The monoisotopic (exact) mass is 407 g/mol. The molecule has 1 aromatic heterocycles. The van der Waals surface area contributed by atoms with E-state index in [2.05, 4.69) is 4.99 Å². The van der Waals surface area contributed by atoms with E-state index in [0.717, 1.165) is 19.0 Å². The Morgan fingerprint density at radius 2 is 1.84 bits per heavy atom. The number of halogens is 2. The van der Waals surface area contributed by atoms with Gasteiger partial charge in [0, 0.05) is 21.0 Å². The van der Waals surface area contributed by atoms with Crippen molar-refractivity contribution in [1.82, 2.24) is 0 Å². The minimum Gasteiger partial charge on any atom is -0.478 e. The Labute approximate surface area is 162 Å². The summed E-state index contributed by atoms with van der Waals surface area (Å²) in [5.74, 6) is -1.05. The molecule has 0 bridgehead atoms. The van der Waals surface area contributed by atoms with Gasteiger partial charge in [-0.3, -0.25) is 4.99 Å². The van der Waals surface area contributed by atoms with Crippen LogP contribution in [0.1, 0.15) is 15.2 Å². The van der Waals surface area contributed by atoms with Crippen molar-refractivity contribution in [3.63, 3.8) is 0 Å². The Balaban J connectivity index is 1.70. The van der Waals surface area contributed by atoms with Crippen molar-refractivity contribution in [2.24, 2.45) is 4.99 Å². The molecule has 0 aliphatic heterocycles. The first-order valence-electron chi connectivity index (χ1n) is 7.11. The fraction of sp³-hybridized carbons (Fsp3) is 0. The third-order valence-corrected chi connectivity index (χ3v) is 5.88. The molecule has 0 atom stereocenters. The van der Waals surface area contributed by atoms with Crippen LogP contribution in [-0.2, 0) is 0 Å². The third-order valence-electron chi connectivity index (χ3n) is 3.16. The maximum absolute atomic E-state index is 11.0. The summed E-state index contributed by atoms with van der Waals surface area (Å²) in [4.78, 5) is 17.4. The predicted octanol–water partition coefficient (Wildman–Crippen LogP) is 6.65. The van der Waals surface area contributed by atoms with Crippen LogP contribution >= 0.6 is 46.3 Å².